The minimum Gasteiger partial charge on any atom is -0.397 e. The Morgan fingerprint density at radius 2 is 1.93 bits per heavy atom. The summed E-state index contributed by atoms with van der Waals surface area (Å²) in [6.45, 7) is 4.88. The lowest BCUT2D eigenvalue weighted by atomic mass is 10.1. The molecule has 0 bridgehead atoms. The third kappa shape index (κ3) is 3.16. The maximum atomic E-state index is 14.3. The summed E-state index contributed by atoms with van der Waals surface area (Å²) in [5, 5.41) is 3.55. The Balaban J connectivity index is 1.57. The largest absolute Gasteiger partial charge is 0.397 e. The normalized spacial score (nSPS) is 15.3. The number of hydrogen-bond acceptors (Lipinski definition) is 5. The van der Waals surface area contributed by atoms with Gasteiger partial charge in [0.25, 0.3) is 5.56 Å². The minimum atomic E-state index is -0.480. The molecule has 5 rings (SSSR count). The van der Waals surface area contributed by atoms with Crippen LogP contribution in [0.15, 0.2) is 41.2 Å². The molecule has 7 nitrogen and oxygen atoms in total. The first-order chi connectivity index (χ1) is 14.1. The highest BCUT2D eigenvalue weighted by atomic mass is 19.1. The van der Waals surface area contributed by atoms with Crippen molar-refractivity contribution in [2.75, 3.05) is 31.9 Å². The van der Waals surface area contributed by atoms with Crippen LogP contribution in [-0.4, -0.2) is 46.0 Å². The fourth-order valence-corrected chi connectivity index (χ4v) is 3.97. The van der Waals surface area contributed by atoms with E-state index in [2.05, 4.69) is 25.2 Å². The Kier molecular flexibility index (Phi) is 4.30. The second-order valence-electron chi connectivity index (χ2n) is 7.37. The number of imidazole rings is 1. The number of aromatic nitrogens is 3. The van der Waals surface area contributed by atoms with Crippen LogP contribution in [0, 0.1) is 5.82 Å². The predicted octanol–water partition coefficient (Wildman–Crippen LogP) is 2.20. The highest BCUT2D eigenvalue weighted by Gasteiger charge is 2.18. The molecule has 4 aromatic rings. The van der Waals surface area contributed by atoms with E-state index >= 15 is 0 Å². The predicted molar refractivity (Wildman–Crippen MR) is 112 cm³/mol. The van der Waals surface area contributed by atoms with Crippen molar-refractivity contribution in [3.8, 4) is 11.4 Å². The van der Waals surface area contributed by atoms with Crippen molar-refractivity contribution in [2.24, 2.45) is 0 Å². The van der Waals surface area contributed by atoms with E-state index in [0.29, 0.717) is 11.3 Å². The number of anilines is 1. The zero-order chi connectivity index (χ0) is 20.0. The Morgan fingerprint density at radius 1 is 1.10 bits per heavy atom. The topological polar surface area (TPSA) is 103 Å². The second-order valence-corrected chi connectivity index (χ2v) is 7.37. The third-order valence-electron chi connectivity index (χ3n) is 5.43. The molecule has 0 amide bonds. The monoisotopic (exact) mass is 392 g/mol. The Labute approximate surface area is 165 Å². The van der Waals surface area contributed by atoms with Gasteiger partial charge < -0.3 is 21.0 Å². The first-order valence-electron chi connectivity index (χ1n) is 9.62. The van der Waals surface area contributed by atoms with Crippen molar-refractivity contribution in [2.45, 2.75) is 6.54 Å². The fraction of sp³-hybridized carbons (Fsp3) is 0.238. The zero-order valence-corrected chi connectivity index (χ0v) is 15.8. The van der Waals surface area contributed by atoms with Crippen LogP contribution in [0.4, 0.5) is 10.1 Å². The molecule has 1 aliphatic heterocycles. The summed E-state index contributed by atoms with van der Waals surface area (Å²) in [6.07, 6.45) is 0. The number of aromatic amines is 2. The van der Waals surface area contributed by atoms with Gasteiger partial charge in [-0.1, -0.05) is 12.1 Å². The molecule has 0 radical (unpaired) electrons. The van der Waals surface area contributed by atoms with E-state index in [9.17, 15) is 9.18 Å². The molecule has 0 aliphatic carbocycles. The lowest BCUT2D eigenvalue weighted by Crippen LogP contribution is -2.42. The SMILES string of the molecule is Nc1c(-c2nc3ccc(CN4CCNCC4)cc3[nH]2)c(=O)[nH]c2cccc(F)c12. The molecule has 1 aliphatic rings. The third-order valence-corrected chi connectivity index (χ3v) is 5.43. The number of nitrogen functional groups attached to an aromatic ring is 1. The quantitative estimate of drug-likeness (QED) is 0.428. The van der Waals surface area contributed by atoms with Crippen molar-refractivity contribution in [1.82, 2.24) is 25.2 Å². The number of rotatable bonds is 3. The summed E-state index contributed by atoms with van der Waals surface area (Å²) in [5.74, 6) is -0.143. The molecule has 1 fully saturated rings. The molecule has 0 atom stereocenters. The number of fused-ring (bicyclic) bond motifs is 2. The van der Waals surface area contributed by atoms with E-state index in [4.69, 9.17) is 5.73 Å². The number of halogens is 1. The molecule has 2 aromatic heterocycles. The van der Waals surface area contributed by atoms with Crippen LogP contribution in [0.2, 0.25) is 0 Å². The number of H-pyrrole nitrogens is 2. The molecule has 0 unspecified atom stereocenters. The molecular weight excluding hydrogens is 371 g/mol. The molecular formula is C21H21FN6O. The molecule has 1 saturated heterocycles. The summed E-state index contributed by atoms with van der Waals surface area (Å²) < 4.78 is 14.3. The minimum absolute atomic E-state index is 0.0851. The molecule has 8 heteroatoms. The number of nitrogens with zero attached hydrogens (tertiary/aromatic N) is 2. The van der Waals surface area contributed by atoms with Gasteiger partial charge in [-0.15, -0.1) is 0 Å². The first-order valence-corrected chi connectivity index (χ1v) is 9.62. The first kappa shape index (κ1) is 17.8. The maximum absolute atomic E-state index is 14.3. The average molecular weight is 392 g/mol. The summed E-state index contributed by atoms with van der Waals surface area (Å²) in [6, 6.07) is 10.5. The molecule has 29 heavy (non-hydrogen) atoms. The number of piperazine rings is 1. The van der Waals surface area contributed by atoms with Crippen molar-refractivity contribution in [1.29, 1.82) is 0 Å². The molecule has 3 heterocycles. The zero-order valence-electron chi connectivity index (χ0n) is 15.8. The summed E-state index contributed by atoms with van der Waals surface area (Å²) in [7, 11) is 0. The van der Waals surface area contributed by atoms with Gasteiger partial charge in [0.15, 0.2) is 0 Å². The molecule has 148 valence electrons. The summed E-state index contributed by atoms with van der Waals surface area (Å²) >= 11 is 0. The van der Waals surface area contributed by atoms with Gasteiger partial charge in [-0.3, -0.25) is 9.69 Å². The van der Waals surface area contributed by atoms with Gasteiger partial charge in [-0.2, -0.15) is 0 Å². The van der Waals surface area contributed by atoms with Crippen LogP contribution in [0.5, 0.6) is 0 Å². The van der Waals surface area contributed by atoms with Crippen molar-refractivity contribution in [3.05, 3.63) is 58.1 Å². The lowest BCUT2D eigenvalue weighted by molar-refractivity contribution is 0.233. The molecule has 0 spiro atoms. The molecule has 5 N–H and O–H groups in total. The van der Waals surface area contributed by atoms with Crippen molar-refractivity contribution in [3.63, 3.8) is 0 Å². The van der Waals surface area contributed by atoms with Gasteiger partial charge in [0, 0.05) is 32.7 Å². The van der Waals surface area contributed by atoms with Gasteiger partial charge in [-0.05, 0) is 29.8 Å². The van der Waals surface area contributed by atoms with E-state index in [1.54, 1.807) is 6.07 Å². The average Bonchev–Trinajstić information content (AvgIpc) is 3.11. The number of hydrogen-bond donors (Lipinski definition) is 4. The fourth-order valence-electron chi connectivity index (χ4n) is 3.97. The van der Waals surface area contributed by atoms with Gasteiger partial charge in [0.1, 0.15) is 17.2 Å². The standard InChI is InChI=1S/C21H21FN6O/c22-13-2-1-3-15-17(13)19(23)18(21(29)27-15)20-25-14-5-4-12(10-16(14)26-20)11-28-8-6-24-7-9-28/h1-5,10,24H,6-9,11H2,(H,25,26)(H3,23,27,29). The summed E-state index contributed by atoms with van der Waals surface area (Å²) in [5.41, 5.74) is 9.12. The van der Waals surface area contributed by atoms with Crippen LogP contribution in [0.25, 0.3) is 33.3 Å². The van der Waals surface area contributed by atoms with Gasteiger partial charge in [-0.25, -0.2) is 9.37 Å². The highest BCUT2D eigenvalue weighted by Crippen LogP contribution is 2.30. The molecule has 2 aromatic carbocycles. The number of benzene rings is 2. The van der Waals surface area contributed by atoms with E-state index < -0.39 is 11.4 Å². The van der Waals surface area contributed by atoms with Gasteiger partial charge >= 0.3 is 0 Å². The Hall–Kier alpha value is -3.23. The number of nitrogens with one attached hydrogen (secondary N) is 3. The van der Waals surface area contributed by atoms with Crippen LogP contribution in [0.3, 0.4) is 0 Å². The Morgan fingerprint density at radius 3 is 2.76 bits per heavy atom. The number of pyridine rings is 1. The van der Waals surface area contributed by atoms with E-state index in [0.717, 1.165) is 43.8 Å². The van der Waals surface area contributed by atoms with Crippen LogP contribution in [0.1, 0.15) is 5.56 Å². The van der Waals surface area contributed by atoms with E-state index in [-0.39, 0.29) is 16.6 Å². The smallest absolute Gasteiger partial charge is 0.261 e. The summed E-state index contributed by atoms with van der Waals surface area (Å²) in [4.78, 5) is 25.5. The second kappa shape index (κ2) is 6.98. The van der Waals surface area contributed by atoms with Crippen molar-refractivity contribution >= 4 is 27.6 Å². The van der Waals surface area contributed by atoms with Gasteiger partial charge in [0.2, 0.25) is 0 Å². The lowest BCUT2D eigenvalue weighted by Gasteiger charge is -2.27. The van der Waals surface area contributed by atoms with Crippen LogP contribution >= 0.6 is 0 Å². The Bertz CT molecular complexity index is 1270. The highest BCUT2D eigenvalue weighted by molar-refractivity contribution is 5.98. The van der Waals surface area contributed by atoms with E-state index in [1.165, 1.54) is 17.7 Å². The molecule has 0 saturated carbocycles. The van der Waals surface area contributed by atoms with E-state index in [1.807, 2.05) is 18.2 Å². The number of nitrogens with two attached hydrogens (primary N) is 1. The van der Waals surface area contributed by atoms with Crippen LogP contribution < -0.4 is 16.6 Å². The van der Waals surface area contributed by atoms with Gasteiger partial charge in [0.05, 0.1) is 27.6 Å². The van der Waals surface area contributed by atoms with Crippen LogP contribution in [-0.2, 0) is 6.54 Å². The van der Waals surface area contributed by atoms with Crippen molar-refractivity contribution < 1.29 is 4.39 Å². The maximum Gasteiger partial charge on any atom is 0.261 e.